The Balaban J connectivity index is 2.31. The number of carbonyl (C=O) groups excluding carboxylic acids is 5. The zero-order chi connectivity index (χ0) is 39.0. The number of allylic oxidation sites excluding steroid dienone is 1. The van der Waals surface area contributed by atoms with E-state index in [2.05, 4.69) is 33.2 Å². The van der Waals surface area contributed by atoms with E-state index in [0.29, 0.717) is 25.9 Å². The van der Waals surface area contributed by atoms with Gasteiger partial charge in [-0.05, 0) is 69.4 Å². The first kappa shape index (κ1) is 45.1. The Morgan fingerprint density at radius 1 is 1.02 bits per heavy atom. The highest BCUT2D eigenvalue weighted by atomic mass is 32.2. The lowest BCUT2D eigenvalue weighted by Crippen LogP contribution is -2.61. The number of rotatable bonds is 20. The molecule has 0 spiro atoms. The standard InChI is InChI=1S/C38H66N6O7S/c1-9-11-19-29(32(45)35(47)40-20-10-2)41-34(46)31-26(5)28(25(3)4)24-44(31)36(48)33(38(6,7)8)43-37(49)42-30(27-17-13-12-14-18-27)23-39-21-15-16-22-52(50)51/h10,26-27,29-31,33,39H,2,9,11-24H2,1,3-8H3,(H,40,47)(H,41,46)(H,50,51)(H2,42,43,49)/t26-,29?,30+,31-,33+/m0/s1. The van der Waals surface area contributed by atoms with E-state index in [-0.39, 0.29) is 43.1 Å². The quantitative estimate of drug-likeness (QED) is 0.0467. The van der Waals surface area contributed by atoms with Crippen LogP contribution in [0.5, 0.6) is 0 Å². The second kappa shape index (κ2) is 22.2. The molecule has 0 radical (unpaired) electrons. The molecule has 1 saturated heterocycles. The zero-order valence-corrected chi connectivity index (χ0v) is 33.4. The van der Waals surface area contributed by atoms with Crippen LogP contribution in [0.3, 0.4) is 0 Å². The summed E-state index contributed by atoms with van der Waals surface area (Å²) in [5, 5.41) is 14.8. The maximum atomic E-state index is 14.6. The normalized spacial score (nSPS) is 20.3. The van der Waals surface area contributed by atoms with Crippen molar-refractivity contribution in [1.29, 1.82) is 0 Å². The number of hydrogen-bond donors (Lipinski definition) is 6. The predicted molar refractivity (Wildman–Crippen MR) is 206 cm³/mol. The summed E-state index contributed by atoms with van der Waals surface area (Å²) < 4.78 is 20.0. The van der Waals surface area contributed by atoms with Crippen LogP contribution in [0.2, 0.25) is 0 Å². The zero-order valence-electron chi connectivity index (χ0n) is 32.6. The van der Waals surface area contributed by atoms with Crippen molar-refractivity contribution in [1.82, 2.24) is 31.5 Å². The molecule has 14 heteroatoms. The molecule has 0 aromatic rings. The van der Waals surface area contributed by atoms with Gasteiger partial charge in [-0.25, -0.2) is 9.00 Å². The lowest BCUT2D eigenvalue weighted by molar-refractivity contribution is -0.144. The van der Waals surface area contributed by atoms with Crippen molar-refractivity contribution >= 4 is 40.6 Å². The summed E-state index contributed by atoms with van der Waals surface area (Å²) in [6.07, 6.45) is 9.79. The molecule has 1 heterocycles. The smallest absolute Gasteiger partial charge is 0.315 e. The van der Waals surface area contributed by atoms with Gasteiger partial charge in [-0.1, -0.05) is 78.4 Å². The Kier molecular flexibility index (Phi) is 19.2. The monoisotopic (exact) mass is 750 g/mol. The number of urea groups is 1. The fourth-order valence-corrected chi connectivity index (χ4v) is 7.64. The molecule has 2 rings (SSSR count). The van der Waals surface area contributed by atoms with Crippen LogP contribution in [-0.2, 0) is 30.3 Å². The number of unbranched alkanes of at least 4 members (excludes halogenated alkanes) is 2. The number of amides is 5. The minimum Gasteiger partial charge on any atom is -0.346 e. The molecule has 0 bridgehead atoms. The highest BCUT2D eigenvalue weighted by Crippen LogP contribution is 2.34. The van der Waals surface area contributed by atoms with Gasteiger partial charge in [0.25, 0.3) is 5.91 Å². The van der Waals surface area contributed by atoms with Crippen LogP contribution in [0.4, 0.5) is 4.79 Å². The third-order valence-corrected chi connectivity index (χ3v) is 10.9. The van der Waals surface area contributed by atoms with Crippen molar-refractivity contribution in [2.24, 2.45) is 17.3 Å². The van der Waals surface area contributed by atoms with Crippen molar-refractivity contribution < 1.29 is 32.7 Å². The molecule has 0 aromatic carbocycles. The molecule has 6 atom stereocenters. The largest absolute Gasteiger partial charge is 0.346 e. The third kappa shape index (κ3) is 14.0. The molecule has 13 nitrogen and oxygen atoms in total. The highest BCUT2D eigenvalue weighted by molar-refractivity contribution is 7.79. The number of hydrogen-bond acceptors (Lipinski definition) is 7. The third-order valence-electron chi connectivity index (χ3n) is 10.2. The maximum absolute atomic E-state index is 14.6. The van der Waals surface area contributed by atoms with Crippen molar-refractivity contribution in [2.75, 3.05) is 31.9 Å². The fraction of sp³-hybridized carbons (Fsp3) is 0.763. The van der Waals surface area contributed by atoms with Crippen LogP contribution >= 0.6 is 0 Å². The first-order chi connectivity index (χ1) is 24.5. The van der Waals surface area contributed by atoms with Crippen molar-refractivity contribution in [2.45, 2.75) is 137 Å². The van der Waals surface area contributed by atoms with Gasteiger partial charge in [-0.15, -0.1) is 6.58 Å². The van der Waals surface area contributed by atoms with Crippen molar-refractivity contribution in [3.05, 3.63) is 23.8 Å². The molecule has 6 N–H and O–H groups in total. The van der Waals surface area contributed by atoms with Crippen LogP contribution in [-0.4, -0.2) is 99.3 Å². The Labute approximate surface area is 314 Å². The van der Waals surface area contributed by atoms with Gasteiger partial charge in [0.1, 0.15) is 12.1 Å². The molecule has 296 valence electrons. The SMILES string of the molecule is C=CCNC(=O)C(=O)C(CCCC)NC(=O)[C@@H]1[C@@H](C)C(=C(C)C)CN1C(=O)[C@@H](NC(=O)N[C@H](CNCCCCS(=O)O)C1CCCCC1)C(C)(C)C. The first-order valence-corrected chi connectivity index (χ1v) is 20.4. The maximum Gasteiger partial charge on any atom is 0.315 e. The molecular formula is C38H66N6O7S. The minimum atomic E-state index is -1.81. The average molecular weight is 751 g/mol. The van der Waals surface area contributed by atoms with Crippen LogP contribution in [0, 0.1) is 17.3 Å². The lowest BCUT2D eigenvalue weighted by Gasteiger charge is -2.37. The van der Waals surface area contributed by atoms with E-state index in [9.17, 15) is 28.2 Å². The number of Topliss-reactive ketones (excluding diaryl/α,β-unsaturated/α-hetero) is 1. The molecule has 2 fully saturated rings. The average Bonchev–Trinajstić information content (AvgIpc) is 3.45. The summed E-state index contributed by atoms with van der Waals surface area (Å²) in [4.78, 5) is 69.7. The number of nitrogens with one attached hydrogen (secondary N) is 5. The van der Waals surface area contributed by atoms with Gasteiger partial charge in [-0.3, -0.25) is 19.2 Å². The van der Waals surface area contributed by atoms with E-state index >= 15 is 0 Å². The molecule has 1 aliphatic heterocycles. The summed E-state index contributed by atoms with van der Waals surface area (Å²) in [6.45, 7) is 18.4. The number of ketones is 1. The first-order valence-electron chi connectivity index (χ1n) is 19.1. The topological polar surface area (TPSA) is 186 Å². The molecule has 1 aliphatic carbocycles. The van der Waals surface area contributed by atoms with E-state index in [1.807, 2.05) is 48.5 Å². The van der Waals surface area contributed by atoms with Crippen molar-refractivity contribution in [3.8, 4) is 0 Å². The minimum absolute atomic E-state index is 0.118. The van der Waals surface area contributed by atoms with E-state index in [1.165, 1.54) is 11.0 Å². The van der Waals surface area contributed by atoms with Gasteiger partial charge in [0.15, 0.2) is 11.1 Å². The number of carbonyl (C=O) groups is 5. The van der Waals surface area contributed by atoms with Crippen molar-refractivity contribution in [3.63, 3.8) is 0 Å². The van der Waals surface area contributed by atoms with E-state index in [4.69, 9.17) is 4.55 Å². The molecule has 1 saturated carbocycles. The van der Waals surface area contributed by atoms with E-state index in [1.54, 1.807) is 0 Å². The summed E-state index contributed by atoms with van der Waals surface area (Å²) in [5.41, 5.74) is 1.19. The Morgan fingerprint density at radius 2 is 1.69 bits per heavy atom. The van der Waals surface area contributed by atoms with Crippen LogP contribution in [0.15, 0.2) is 23.8 Å². The molecule has 52 heavy (non-hydrogen) atoms. The highest BCUT2D eigenvalue weighted by Gasteiger charge is 2.47. The Bertz CT molecular complexity index is 1290. The van der Waals surface area contributed by atoms with Crippen LogP contribution < -0.4 is 26.6 Å². The van der Waals surface area contributed by atoms with Gasteiger partial charge >= 0.3 is 6.03 Å². The molecule has 5 amide bonds. The summed E-state index contributed by atoms with van der Waals surface area (Å²) in [6, 6.07) is -3.63. The van der Waals surface area contributed by atoms with Crippen LogP contribution in [0.25, 0.3) is 0 Å². The van der Waals surface area contributed by atoms with Gasteiger partial charge in [-0.2, -0.15) is 0 Å². The molecule has 2 unspecified atom stereocenters. The summed E-state index contributed by atoms with van der Waals surface area (Å²) >= 11 is -1.81. The van der Waals surface area contributed by atoms with E-state index < -0.39 is 64.2 Å². The second-order valence-electron chi connectivity index (χ2n) is 15.6. The summed E-state index contributed by atoms with van der Waals surface area (Å²) in [5.74, 6) is -2.33. The Morgan fingerprint density at radius 3 is 2.27 bits per heavy atom. The van der Waals surface area contributed by atoms with Crippen LogP contribution in [0.1, 0.15) is 113 Å². The fourth-order valence-electron chi connectivity index (χ4n) is 7.19. The molecule has 2 aliphatic rings. The lowest BCUT2D eigenvalue weighted by atomic mass is 9.83. The van der Waals surface area contributed by atoms with Gasteiger partial charge in [0, 0.05) is 37.3 Å². The summed E-state index contributed by atoms with van der Waals surface area (Å²) in [7, 11) is 0. The predicted octanol–water partition coefficient (Wildman–Crippen LogP) is 3.97. The van der Waals surface area contributed by atoms with E-state index in [0.717, 1.165) is 56.1 Å². The Hall–Kier alpha value is -3.10. The second-order valence-corrected chi connectivity index (χ2v) is 16.7. The van der Waals surface area contributed by atoms with Gasteiger partial charge in [0.05, 0.1) is 6.04 Å². The van der Waals surface area contributed by atoms with Gasteiger partial charge < -0.3 is 36.0 Å². The number of nitrogens with zero attached hydrogens (tertiary/aromatic N) is 1. The molecule has 0 aromatic heterocycles. The molecular weight excluding hydrogens is 685 g/mol. The van der Waals surface area contributed by atoms with Gasteiger partial charge in [0.2, 0.25) is 17.6 Å². The number of likely N-dealkylation sites (tertiary alicyclic amines) is 1.